The molecule has 1 aromatic heterocycles. The van der Waals surface area contributed by atoms with Crippen LogP contribution in [0.15, 0.2) is 53.3 Å². The number of hydrogen-bond donors (Lipinski definition) is 0. The Labute approximate surface area is 129 Å². The summed E-state index contributed by atoms with van der Waals surface area (Å²) in [5, 5.41) is 4.62. The van der Waals surface area contributed by atoms with E-state index in [0.29, 0.717) is 21.5 Å². The average Bonchev–Trinajstić information content (AvgIpc) is 2.47. The SMILES string of the molecule is O=C(Cl)c1nn(-c2cccc(Cl)c2)c(=O)c2ccccc12. The molecule has 0 saturated heterocycles. The zero-order chi connectivity index (χ0) is 15.0. The van der Waals surface area contributed by atoms with Crippen LogP contribution in [0.2, 0.25) is 5.02 Å². The molecule has 21 heavy (non-hydrogen) atoms. The van der Waals surface area contributed by atoms with Crippen molar-refractivity contribution in [1.82, 2.24) is 9.78 Å². The minimum atomic E-state index is -0.720. The Balaban J connectivity index is 2.42. The molecule has 3 rings (SSSR count). The fraction of sp³-hybridized carbons (Fsp3) is 0. The zero-order valence-corrected chi connectivity index (χ0v) is 12.1. The van der Waals surface area contributed by atoms with Crippen molar-refractivity contribution in [2.45, 2.75) is 0 Å². The number of aromatic nitrogens is 2. The number of fused-ring (bicyclic) bond motifs is 1. The second kappa shape index (κ2) is 5.31. The summed E-state index contributed by atoms with van der Waals surface area (Å²) >= 11 is 11.5. The molecule has 0 unspecified atom stereocenters. The van der Waals surface area contributed by atoms with Gasteiger partial charge in [0.2, 0.25) is 0 Å². The Kier molecular flexibility index (Phi) is 3.49. The van der Waals surface area contributed by atoms with E-state index in [2.05, 4.69) is 5.10 Å². The summed E-state index contributed by atoms with van der Waals surface area (Å²) in [7, 11) is 0. The maximum Gasteiger partial charge on any atom is 0.279 e. The second-order valence-corrected chi connectivity index (χ2v) is 5.14. The van der Waals surface area contributed by atoms with Gasteiger partial charge in [-0.3, -0.25) is 9.59 Å². The van der Waals surface area contributed by atoms with E-state index >= 15 is 0 Å². The number of benzene rings is 2. The lowest BCUT2D eigenvalue weighted by Crippen LogP contribution is -2.23. The van der Waals surface area contributed by atoms with Crippen LogP contribution in [0.4, 0.5) is 0 Å². The van der Waals surface area contributed by atoms with E-state index in [-0.39, 0.29) is 11.3 Å². The van der Waals surface area contributed by atoms with Crippen molar-refractivity contribution in [3.05, 3.63) is 69.6 Å². The molecule has 0 amide bonds. The van der Waals surface area contributed by atoms with E-state index in [9.17, 15) is 9.59 Å². The zero-order valence-electron chi connectivity index (χ0n) is 10.6. The predicted octanol–water partition coefficient (Wildman–Crippen LogP) is 3.42. The Morgan fingerprint density at radius 1 is 1.05 bits per heavy atom. The van der Waals surface area contributed by atoms with Gasteiger partial charge in [-0.1, -0.05) is 35.9 Å². The van der Waals surface area contributed by atoms with Crippen molar-refractivity contribution >= 4 is 39.2 Å². The molecular weight excluding hydrogens is 311 g/mol. The third-order valence-electron chi connectivity index (χ3n) is 3.04. The van der Waals surface area contributed by atoms with Crippen molar-refractivity contribution in [2.24, 2.45) is 0 Å². The van der Waals surface area contributed by atoms with E-state index in [1.54, 1.807) is 48.5 Å². The van der Waals surface area contributed by atoms with Crippen LogP contribution in [0.3, 0.4) is 0 Å². The third-order valence-corrected chi connectivity index (χ3v) is 3.46. The molecule has 3 aromatic rings. The molecule has 0 spiro atoms. The summed E-state index contributed by atoms with van der Waals surface area (Å²) in [5.41, 5.74) is 0.166. The maximum absolute atomic E-state index is 12.5. The summed E-state index contributed by atoms with van der Waals surface area (Å²) in [5.74, 6) is 0. The molecule has 104 valence electrons. The van der Waals surface area contributed by atoms with E-state index < -0.39 is 5.24 Å². The smallest absolute Gasteiger partial charge is 0.274 e. The third kappa shape index (κ3) is 2.44. The Hall–Kier alpha value is -2.17. The highest BCUT2D eigenvalue weighted by molar-refractivity contribution is 6.68. The Morgan fingerprint density at radius 3 is 2.43 bits per heavy atom. The van der Waals surface area contributed by atoms with Crippen molar-refractivity contribution in [3.63, 3.8) is 0 Å². The summed E-state index contributed by atoms with van der Waals surface area (Å²) in [4.78, 5) is 24.1. The van der Waals surface area contributed by atoms with Gasteiger partial charge in [0, 0.05) is 10.4 Å². The molecule has 0 saturated carbocycles. The molecule has 0 N–H and O–H groups in total. The largest absolute Gasteiger partial charge is 0.279 e. The molecule has 0 bridgehead atoms. The van der Waals surface area contributed by atoms with Gasteiger partial charge in [0.05, 0.1) is 11.1 Å². The number of hydrogen-bond acceptors (Lipinski definition) is 3. The number of nitrogens with zero attached hydrogens (tertiary/aromatic N) is 2. The van der Waals surface area contributed by atoms with E-state index in [1.165, 1.54) is 0 Å². The number of halogens is 2. The van der Waals surface area contributed by atoms with Gasteiger partial charge < -0.3 is 0 Å². The van der Waals surface area contributed by atoms with Crippen LogP contribution in [0.1, 0.15) is 10.5 Å². The summed E-state index contributed by atoms with van der Waals surface area (Å²) < 4.78 is 1.13. The number of rotatable bonds is 2. The molecule has 0 aliphatic rings. The molecule has 2 aromatic carbocycles. The maximum atomic E-state index is 12.5. The van der Waals surface area contributed by atoms with Crippen LogP contribution in [0.25, 0.3) is 16.5 Å². The highest BCUT2D eigenvalue weighted by Gasteiger charge is 2.15. The fourth-order valence-electron chi connectivity index (χ4n) is 2.12. The summed E-state index contributed by atoms with van der Waals surface area (Å²) in [6.07, 6.45) is 0. The van der Waals surface area contributed by atoms with Crippen molar-refractivity contribution < 1.29 is 4.79 Å². The first-order chi connectivity index (χ1) is 10.1. The molecule has 1 heterocycles. The lowest BCUT2D eigenvalue weighted by molar-refractivity contribution is 0.107. The molecule has 0 atom stereocenters. The van der Waals surface area contributed by atoms with Gasteiger partial charge >= 0.3 is 0 Å². The van der Waals surface area contributed by atoms with E-state index in [0.717, 1.165) is 4.68 Å². The van der Waals surface area contributed by atoms with Crippen LogP contribution in [0, 0.1) is 0 Å². The molecule has 0 aliphatic carbocycles. The van der Waals surface area contributed by atoms with Crippen LogP contribution in [-0.4, -0.2) is 15.0 Å². The minimum Gasteiger partial charge on any atom is -0.274 e. The van der Waals surface area contributed by atoms with Gasteiger partial charge in [-0.2, -0.15) is 9.78 Å². The lowest BCUT2D eigenvalue weighted by Gasteiger charge is -2.09. The number of carbonyl (C=O) groups excluding carboxylic acids is 1. The fourth-order valence-corrected chi connectivity index (χ4v) is 2.44. The van der Waals surface area contributed by atoms with E-state index in [1.807, 2.05) is 0 Å². The highest BCUT2D eigenvalue weighted by Crippen LogP contribution is 2.18. The minimum absolute atomic E-state index is 0.0341. The highest BCUT2D eigenvalue weighted by atomic mass is 35.5. The Bertz CT molecular complexity index is 919. The van der Waals surface area contributed by atoms with Crippen LogP contribution in [-0.2, 0) is 0 Å². The first-order valence-corrected chi connectivity index (χ1v) is 6.81. The van der Waals surface area contributed by atoms with E-state index in [4.69, 9.17) is 23.2 Å². The Morgan fingerprint density at radius 2 is 1.76 bits per heavy atom. The van der Waals surface area contributed by atoms with Gasteiger partial charge in [-0.25, -0.2) is 0 Å². The molecule has 6 heteroatoms. The summed E-state index contributed by atoms with van der Waals surface area (Å²) in [6.45, 7) is 0. The van der Waals surface area contributed by atoms with Gasteiger partial charge in [-0.05, 0) is 35.9 Å². The van der Waals surface area contributed by atoms with Crippen LogP contribution < -0.4 is 5.56 Å². The van der Waals surface area contributed by atoms with Crippen LogP contribution >= 0.6 is 23.2 Å². The topological polar surface area (TPSA) is 52.0 Å². The summed E-state index contributed by atoms with van der Waals surface area (Å²) in [6, 6.07) is 13.4. The van der Waals surface area contributed by atoms with Crippen molar-refractivity contribution in [3.8, 4) is 5.69 Å². The molecule has 0 fully saturated rings. The molecular formula is C15H8Cl2N2O2. The molecule has 4 nitrogen and oxygen atoms in total. The molecule has 0 radical (unpaired) electrons. The quantitative estimate of drug-likeness (QED) is 0.680. The lowest BCUT2D eigenvalue weighted by atomic mass is 10.1. The van der Waals surface area contributed by atoms with Crippen molar-refractivity contribution in [1.29, 1.82) is 0 Å². The average molecular weight is 319 g/mol. The normalized spacial score (nSPS) is 10.8. The molecule has 0 aliphatic heterocycles. The predicted molar refractivity (Wildman–Crippen MR) is 82.5 cm³/mol. The van der Waals surface area contributed by atoms with Gasteiger partial charge in [0.15, 0.2) is 5.69 Å². The first-order valence-electron chi connectivity index (χ1n) is 6.06. The van der Waals surface area contributed by atoms with Gasteiger partial charge in [0.25, 0.3) is 10.8 Å². The number of carbonyl (C=O) groups is 1. The van der Waals surface area contributed by atoms with Crippen LogP contribution in [0.5, 0.6) is 0 Å². The van der Waals surface area contributed by atoms with Crippen molar-refractivity contribution in [2.75, 3.05) is 0 Å². The standard InChI is InChI=1S/C15H8Cl2N2O2/c16-9-4-3-5-10(8-9)19-15(21)12-7-2-1-6-11(12)13(18-19)14(17)20/h1-8H. The first kappa shape index (κ1) is 13.8. The van der Waals surface area contributed by atoms with Gasteiger partial charge in [0.1, 0.15) is 0 Å². The second-order valence-electron chi connectivity index (χ2n) is 4.36. The van der Waals surface area contributed by atoms with Gasteiger partial charge in [-0.15, -0.1) is 0 Å². The monoisotopic (exact) mass is 318 g/mol.